The van der Waals surface area contributed by atoms with Crippen LogP contribution in [0.2, 0.25) is 0 Å². The lowest BCUT2D eigenvalue weighted by Gasteiger charge is -2.05. The van der Waals surface area contributed by atoms with Crippen LogP contribution >= 0.6 is 11.8 Å². The van der Waals surface area contributed by atoms with E-state index in [9.17, 15) is 9.59 Å². The maximum atomic E-state index is 12.0. The number of anilines is 1. The smallest absolute Gasteiger partial charge is 0.330 e. The van der Waals surface area contributed by atoms with Crippen LogP contribution in [0.3, 0.4) is 0 Å². The number of hydrogen-bond donors (Lipinski definition) is 1. The minimum Gasteiger partial charge on any atom is -0.463 e. The van der Waals surface area contributed by atoms with Crippen molar-refractivity contribution < 1.29 is 18.8 Å². The van der Waals surface area contributed by atoms with Crippen LogP contribution in [0, 0.1) is 13.8 Å². The summed E-state index contributed by atoms with van der Waals surface area (Å²) in [7, 11) is 0. The minimum absolute atomic E-state index is 0.0726. The normalized spacial score (nSPS) is 10.9. The molecule has 0 radical (unpaired) electrons. The number of nitrogens with zero attached hydrogens (tertiary/aromatic N) is 1. The molecule has 0 fully saturated rings. The number of aryl methyl sites for hydroxylation is 2. The minimum atomic E-state index is -0.375. The first kappa shape index (κ1) is 19.8. The summed E-state index contributed by atoms with van der Waals surface area (Å²) in [5, 5.41) is 6.75. The molecule has 1 N–H and O–H groups in total. The lowest BCUT2D eigenvalue weighted by Crippen LogP contribution is -2.14. The van der Waals surface area contributed by atoms with E-state index in [0.29, 0.717) is 23.8 Å². The number of carbonyl (C=O) groups is 2. The van der Waals surface area contributed by atoms with E-state index in [1.165, 1.54) is 17.8 Å². The van der Waals surface area contributed by atoms with Crippen molar-refractivity contribution >= 4 is 35.4 Å². The van der Waals surface area contributed by atoms with Gasteiger partial charge in [-0.05, 0) is 44.5 Å². The van der Waals surface area contributed by atoms with Crippen molar-refractivity contribution in [3.8, 4) is 0 Å². The van der Waals surface area contributed by atoms with Gasteiger partial charge in [0.25, 0.3) is 0 Å². The van der Waals surface area contributed by atoms with Gasteiger partial charge in [0, 0.05) is 23.1 Å². The molecule has 6 nitrogen and oxygen atoms in total. The summed E-state index contributed by atoms with van der Waals surface area (Å²) >= 11 is 1.51. The third-order valence-corrected chi connectivity index (χ3v) is 4.51. The molecule has 1 aromatic carbocycles. The Labute approximate surface area is 157 Å². The summed E-state index contributed by atoms with van der Waals surface area (Å²) in [6.07, 6.45) is 3.05. The first-order valence-electron chi connectivity index (χ1n) is 8.23. The highest BCUT2D eigenvalue weighted by atomic mass is 32.2. The van der Waals surface area contributed by atoms with Crippen molar-refractivity contribution in [2.75, 3.05) is 17.7 Å². The molecular weight excluding hydrogens is 352 g/mol. The van der Waals surface area contributed by atoms with Gasteiger partial charge in [-0.1, -0.05) is 17.3 Å². The fourth-order valence-electron chi connectivity index (χ4n) is 2.18. The van der Waals surface area contributed by atoms with Crippen molar-refractivity contribution in [1.82, 2.24) is 5.16 Å². The number of esters is 1. The van der Waals surface area contributed by atoms with E-state index < -0.39 is 0 Å². The predicted octanol–water partition coefficient (Wildman–Crippen LogP) is 3.74. The monoisotopic (exact) mass is 374 g/mol. The van der Waals surface area contributed by atoms with Gasteiger partial charge in [0.1, 0.15) is 5.76 Å². The molecule has 1 aromatic heterocycles. The molecule has 0 saturated carbocycles. The summed E-state index contributed by atoms with van der Waals surface area (Å²) in [6, 6.07) is 7.23. The molecule has 0 atom stereocenters. The zero-order valence-corrected chi connectivity index (χ0v) is 15.9. The van der Waals surface area contributed by atoms with E-state index in [-0.39, 0.29) is 11.9 Å². The number of aromatic nitrogens is 1. The number of amides is 1. The number of carbonyl (C=O) groups excluding carboxylic acids is 2. The van der Waals surface area contributed by atoms with E-state index >= 15 is 0 Å². The van der Waals surface area contributed by atoms with Gasteiger partial charge in [-0.2, -0.15) is 0 Å². The second-order valence-electron chi connectivity index (χ2n) is 5.55. The Balaban J connectivity index is 1.79. The number of nitrogens with one attached hydrogen (secondary N) is 1. The summed E-state index contributed by atoms with van der Waals surface area (Å²) in [6.45, 7) is 5.87. The second-order valence-corrected chi connectivity index (χ2v) is 6.54. The fourth-order valence-corrected chi connectivity index (χ4v) is 3.16. The molecule has 2 rings (SSSR count). The molecule has 138 valence electrons. The molecule has 1 amide bonds. The molecule has 0 aliphatic heterocycles. The quantitative estimate of drug-likeness (QED) is 0.560. The summed E-state index contributed by atoms with van der Waals surface area (Å²) < 4.78 is 9.93. The molecule has 1 heterocycles. The number of benzene rings is 1. The highest BCUT2D eigenvalue weighted by molar-refractivity contribution is 7.99. The first-order chi connectivity index (χ1) is 12.5. The molecule has 0 bridgehead atoms. The van der Waals surface area contributed by atoms with Crippen molar-refractivity contribution in [3.05, 3.63) is 52.9 Å². The van der Waals surface area contributed by atoms with Crippen molar-refractivity contribution in [1.29, 1.82) is 0 Å². The van der Waals surface area contributed by atoms with Crippen LogP contribution in [0.5, 0.6) is 0 Å². The molecule has 0 aliphatic rings. The summed E-state index contributed by atoms with van der Waals surface area (Å²) in [4.78, 5) is 23.3. The Morgan fingerprint density at radius 3 is 2.62 bits per heavy atom. The van der Waals surface area contributed by atoms with Crippen molar-refractivity contribution in [2.45, 2.75) is 26.5 Å². The largest absolute Gasteiger partial charge is 0.463 e. The summed E-state index contributed by atoms with van der Waals surface area (Å²) in [5.41, 5.74) is 3.47. The lowest BCUT2D eigenvalue weighted by atomic mass is 10.2. The zero-order chi connectivity index (χ0) is 18.9. The first-order valence-corrected chi connectivity index (χ1v) is 9.39. The number of rotatable bonds is 8. The average Bonchev–Trinajstić information content (AvgIpc) is 2.93. The molecule has 26 heavy (non-hydrogen) atoms. The fraction of sp³-hybridized carbons (Fsp3) is 0.316. The number of hydrogen-bond acceptors (Lipinski definition) is 6. The lowest BCUT2D eigenvalue weighted by molar-refractivity contribution is -0.137. The van der Waals surface area contributed by atoms with Crippen LogP contribution in [0.1, 0.15) is 29.5 Å². The SMILES string of the molecule is CCOC(=O)C=Cc1ccc(NC(=O)CSCc2c(C)noc2C)cc1. The van der Waals surface area contributed by atoms with E-state index in [2.05, 4.69) is 10.5 Å². The zero-order valence-electron chi connectivity index (χ0n) is 15.1. The average molecular weight is 374 g/mol. The molecular formula is C19H22N2O4S. The van der Waals surface area contributed by atoms with Crippen LogP contribution in [0.25, 0.3) is 6.08 Å². The van der Waals surface area contributed by atoms with Gasteiger partial charge in [-0.25, -0.2) is 4.79 Å². The topological polar surface area (TPSA) is 81.4 Å². The molecule has 0 spiro atoms. The number of ether oxygens (including phenoxy) is 1. The van der Waals surface area contributed by atoms with Gasteiger partial charge >= 0.3 is 5.97 Å². The maximum Gasteiger partial charge on any atom is 0.330 e. The third kappa shape index (κ3) is 6.07. The van der Waals surface area contributed by atoms with Crippen LogP contribution in [-0.4, -0.2) is 29.4 Å². The van der Waals surface area contributed by atoms with Gasteiger partial charge in [0.05, 0.1) is 18.1 Å². The molecule has 2 aromatic rings. The van der Waals surface area contributed by atoms with E-state index in [1.807, 2.05) is 26.0 Å². The molecule has 0 saturated heterocycles. The number of thioether (sulfide) groups is 1. The Morgan fingerprint density at radius 1 is 1.27 bits per heavy atom. The second kappa shape index (κ2) is 9.82. The Bertz CT molecular complexity index is 762. The van der Waals surface area contributed by atoms with Gasteiger partial charge in [0.15, 0.2) is 0 Å². The Morgan fingerprint density at radius 2 is 2.00 bits per heavy atom. The highest BCUT2D eigenvalue weighted by Crippen LogP contribution is 2.19. The van der Waals surface area contributed by atoms with E-state index in [4.69, 9.17) is 9.26 Å². The van der Waals surface area contributed by atoms with E-state index in [1.54, 1.807) is 25.1 Å². The van der Waals surface area contributed by atoms with E-state index in [0.717, 1.165) is 22.6 Å². The van der Waals surface area contributed by atoms with Crippen LogP contribution in [0.15, 0.2) is 34.9 Å². The van der Waals surface area contributed by atoms with Gasteiger partial charge in [-0.3, -0.25) is 4.79 Å². The van der Waals surface area contributed by atoms with Crippen LogP contribution in [0.4, 0.5) is 5.69 Å². The Hall–Kier alpha value is -2.54. The van der Waals surface area contributed by atoms with Crippen LogP contribution in [-0.2, 0) is 20.1 Å². The van der Waals surface area contributed by atoms with Crippen molar-refractivity contribution in [3.63, 3.8) is 0 Å². The van der Waals surface area contributed by atoms with Crippen LogP contribution < -0.4 is 5.32 Å². The maximum absolute atomic E-state index is 12.0. The Kier molecular flexibility index (Phi) is 7.47. The van der Waals surface area contributed by atoms with Gasteiger partial charge in [0.2, 0.25) is 5.91 Å². The predicted molar refractivity (Wildman–Crippen MR) is 103 cm³/mol. The van der Waals surface area contributed by atoms with Gasteiger partial charge in [-0.15, -0.1) is 11.8 Å². The molecule has 0 aliphatic carbocycles. The highest BCUT2D eigenvalue weighted by Gasteiger charge is 2.10. The summed E-state index contributed by atoms with van der Waals surface area (Å²) in [5.74, 6) is 1.37. The molecule has 7 heteroatoms. The third-order valence-electron chi connectivity index (χ3n) is 3.55. The van der Waals surface area contributed by atoms with Crippen molar-refractivity contribution in [2.24, 2.45) is 0 Å². The van der Waals surface area contributed by atoms with Gasteiger partial charge < -0.3 is 14.6 Å². The molecule has 0 unspecified atom stereocenters. The standard InChI is InChI=1S/C19H22N2O4S/c1-4-24-19(23)10-7-15-5-8-16(9-6-15)20-18(22)12-26-11-17-13(2)21-25-14(17)3/h5-10H,4,11-12H2,1-3H3,(H,20,22).